The van der Waals surface area contributed by atoms with Crippen LogP contribution in [0.4, 0.5) is 0 Å². The summed E-state index contributed by atoms with van der Waals surface area (Å²) in [5.74, 6) is 0. The largest absolute Gasteiger partial charge is 2.00 e. The molecule has 0 aromatic heterocycles. The van der Waals surface area contributed by atoms with E-state index in [1.807, 2.05) is 6.79 Å². The summed E-state index contributed by atoms with van der Waals surface area (Å²) < 4.78 is 68.2. The van der Waals surface area contributed by atoms with Crippen molar-refractivity contribution < 1.29 is 39.8 Å². The molecule has 0 amide bonds. The first-order valence-corrected chi connectivity index (χ1v) is 4.29. The first-order valence-electron chi connectivity index (χ1n) is 1.62. The quantitative estimate of drug-likeness (QED) is 0.248. The molecular formula is CH2Ca2O9S2. The zero-order chi connectivity index (χ0) is 11.0. The van der Waals surface area contributed by atoms with Crippen molar-refractivity contribution in [2.45, 2.75) is 0 Å². The van der Waals surface area contributed by atoms with Crippen LogP contribution in [0.3, 0.4) is 0 Å². The molecule has 0 spiro atoms. The number of carbonyl (C=O) groups excluding carboxylic acids is 1. The number of hydrogen-bond donors (Lipinski definition) is 0. The molecule has 0 aromatic carbocycles. The predicted octanol–water partition coefficient (Wildman–Crippen LogP) is -3.62. The molecule has 76 valence electrons. The van der Waals surface area contributed by atoms with E-state index in [0.29, 0.717) is 0 Å². The summed E-state index contributed by atoms with van der Waals surface area (Å²) in [6, 6.07) is 0. The molecule has 0 aromatic rings. The van der Waals surface area contributed by atoms with Crippen LogP contribution in [-0.4, -0.2) is 117 Å². The van der Waals surface area contributed by atoms with Gasteiger partial charge in [-0.1, -0.05) is 0 Å². The normalized spacial score (nSPS) is 8.57. The zero-order valence-corrected chi connectivity index (χ0v) is 12.7. The summed E-state index contributed by atoms with van der Waals surface area (Å²) in [6.07, 6.45) is 0. The van der Waals surface area contributed by atoms with E-state index < -0.39 is 20.8 Å². The Kier molecular flexibility index (Phi) is 31.7. The van der Waals surface area contributed by atoms with Crippen LogP contribution < -0.4 is 0 Å². The van der Waals surface area contributed by atoms with Crippen molar-refractivity contribution >= 4 is 103 Å². The Labute approximate surface area is 140 Å². The van der Waals surface area contributed by atoms with Crippen molar-refractivity contribution in [3.8, 4) is 0 Å². The molecule has 0 rings (SSSR count). The minimum atomic E-state index is -5.17. The third kappa shape index (κ3) is 625. The van der Waals surface area contributed by atoms with E-state index in [4.69, 9.17) is 39.8 Å². The van der Waals surface area contributed by atoms with E-state index in [1.54, 1.807) is 0 Å². The van der Waals surface area contributed by atoms with Crippen LogP contribution in [0.15, 0.2) is 0 Å². The zero-order valence-electron chi connectivity index (χ0n) is 6.61. The fourth-order valence-electron chi connectivity index (χ4n) is 0. The van der Waals surface area contributed by atoms with Crippen molar-refractivity contribution in [1.29, 1.82) is 0 Å². The SMILES string of the molecule is C=O.O=S(=O)([O-])[O-].O=S(=O)([O-])[O-].[Ca+2].[Ca+2]. The molecule has 0 saturated heterocycles. The van der Waals surface area contributed by atoms with Gasteiger partial charge in [-0.3, -0.25) is 16.8 Å². The van der Waals surface area contributed by atoms with Crippen LogP contribution in [0.5, 0.6) is 0 Å². The van der Waals surface area contributed by atoms with Gasteiger partial charge in [-0.15, -0.1) is 0 Å². The Morgan fingerprint density at radius 1 is 0.643 bits per heavy atom. The molecule has 0 heterocycles. The van der Waals surface area contributed by atoms with Crippen LogP contribution >= 0.6 is 0 Å². The minimum absolute atomic E-state index is 0. The second-order valence-electron chi connectivity index (χ2n) is 0.816. The van der Waals surface area contributed by atoms with E-state index in [0.717, 1.165) is 0 Å². The van der Waals surface area contributed by atoms with Gasteiger partial charge >= 0.3 is 75.5 Å². The van der Waals surface area contributed by atoms with E-state index in [1.165, 1.54) is 0 Å². The molecule has 0 aliphatic heterocycles. The Hall–Kier alpha value is 1.93. The Balaban J connectivity index is -0.0000000292. The molecule has 9 nitrogen and oxygen atoms in total. The fraction of sp³-hybridized carbons (Fsp3) is 0. The van der Waals surface area contributed by atoms with Gasteiger partial charge in [0.05, 0.1) is 0 Å². The second kappa shape index (κ2) is 14.9. The Bertz CT molecular complexity index is 230. The molecule has 0 radical (unpaired) electrons. The molecular weight excluding hydrogens is 300 g/mol. The molecule has 0 aliphatic carbocycles. The standard InChI is InChI=1S/CH2O.2Ca.2H2O4S/c1-2;;;2*1-5(2,3)4/h1H2;;;2*(H2,1,2,3,4)/q;2*+2;;/p-4. The topological polar surface area (TPSA) is 178 Å². The van der Waals surface area contributed by atoms with Crippen LogP contribution in [0.2, 0.25) is 0 Å². The van der Waals surface area contributed by atoms with Gasteiger partial charge in [0.2, 0.25) is 0 Å². The van der Waals surface area contributed by atoms with Gasteiger partial charge < -0.3 is 23.0 Å². The summed E-state index contributed by atoms with van der Waals surface area (Å²) in [7, 11) is -10.3. The van der Waals surface area contributed by atoms with Crippen molar-refractivity contribution in [1.82, 2.24) is 0 Å². The van der Waals surface area contributed by atoms with Crippen LogP contribution in [-0.2, 0) is 25.6 Å². The van der Waals surface area contributed by atoms with Gasteiger partial charge in [0.15, 0.2) is 0 Å². The molecule has 13 heteroatoms. The molecule has 14 heavy (non-hydrogen) atoms. The summed E-state index contributed by atoms with van der Waals surface area (Å²) in [6.45, 7) is 2.00. The third-order valence-electron chi connectivity index (χ3n) is 0. The van der Waals surface area contributed by atoms with Gasteiger partial charge in [-0.2, -0.15) is 0 Å². The summed E-state index contributed by atoms with van der Waals surface area (Å²) >= 11 is 0. The third-order valence-corrected chi connectivity index (χ3v) is 0. The number of rotatable bonds is 0. The average Bonchev–Trinajstić information content (AvgIpc) is 1.59. The molecule has 0 fully saturated rings. The van der Waals surface area contributed by atoms with Crippen molar-refractivity contribution in [2.75, 3.05) is 0 Å². The molecule has 0 N–H and O–H groups in total. The smallest absolute Gasteiger partial charge is 0.759 e. The van der Waals surface area contributed by atoms with Gasteiger partial charge in [-0.25, -0.2) is 0 Å². The van der Waals surface area contributed by atoms with Gasteiger partial charge in [-0.05, 0) is 0 Å². The van der Waals surface area contributed by atoms with E-state index in [2.05, 4.69) is 0 Å². The maximum absolute atomic E-state index is 8.52. The number of hydrogen-bond acceptors (Lipinski definition) is 9. The second-order valence-corrected chi connectivity index (χ2v) is 2.45. The van der Waals surface area contributed by atoms with Crippen LogP contribution in [0.25, 0.3) is 0 Å². The summed E-state index contributed by atoms with van der Waals surface area (Å²) in [5.41, 5.74) is 0. The fourth-order valence-corrected chi connectivity index (χ4v) is 0. The van der Waals surface area contributed by atoms with Crippen LogP contribution in [0, 0.1) is 0 Å². The van der Waals surface area contributed by atoms with Gasteiger partial charge in [0, 0.05) is 20.8 Å². The van der Waals surface area contributed by atoms with Crippen LogP contribution in [0.1, 0.15) is 0 Å². The first-order chi connectivity index (χ1) is 5.00. The summed E-state index contributed by atoms with van der Waals surface area (Å²) in [5, 5.41) is 0. The molecule has 0 bridgehead atoms. The monoisotopic (exact) mass is 302 g/mol. The van der Waals surface area contributed by atoms with Crippen molar-refractivity contribution in [3.63, 3.8) is 0 Å². The first kappa shape index (κ1) is 29.7. The van der Waals surface area contributed by atoms with Crippen molar-refractivity contribution in [3.05, 3.63) is 0 Å². The number of carbonyl (C=O) groups is 1. The minimum Gasteiger partial charge on any atom is -0.759 e. The predicted molar refractivity (Wildman–Crippen MR) is 39.6 cm³/mol. The maximum Gasteiger partial charge on any atom is 2.00 e. The Morgan fingerprint density at radius 3 is 0.643 bits per heavy atom. The molecule has 0 saturated carbocycles. The maximum atomic E-state index is 8.52. The van der Waals surface area contributed by atoms with Crippen molar-refractivity contribution in [2.24, 2.45) is 0 Å². The van der Waals surface area contributed by atoms with Gasteiger partial charge in [0.25, 0.3) is 0 Å². The average molecular weight is 302 g/mol. The van der Waals surface area contributed by atoms with E-state index in [9.17, 15) is 0 Å². The van der Waals surface area contributed by atoms with E-state index in [-0.39, 0.29) is 75.5 Å². The summed E-state index contributed by atoms with van der Waals surface area (Å²) in [4.78, 5) is 8.00. The van der Waals surface area contributed by atoms with Gasteiger partial charge in [0.1, 0.15) is 6.79 Å². The molecule has 0 unspecified atom stereocenters. The van der Waals surface area contributed by atoms with E-state index >= 15 is 0 Å². The Morgan fingerprint density at radius 2 is 0.643 bits per heavy atom. The molecule has 0 aliphatic rings. The molecule has 0 atom stereocenters.